The van der Waals surface area contributed by atoms with E-state index in [9.17, 15) is 14.4 Å². The standard InChI is InChI=1S/C27H40N4O5/c1-6-29-10-12-30(13-11-29)17-8-9-18(25(28)33)19(14-17)22(27(3,4)5)26(34)31-15-21(35-7-2)24-23(31)20(32)16-36-24/h8-9,14,21-24H,6-7,10-13,15-16H2,1-5H3,(H2,28,33)/t21-,22-,23+,24+/m0/s1. The van der Waals surface area contributed by atoms with Crippen molar-refractivity contribution in [2.45, 2.75) is 58.8 Å². The van der Waals surface area contributed by atoms with Crippen LogP contribution >= 0.6 is 0 Å². The number of likely N-dealkylation sites (N-methyl/N-ethyl adjacent to an activating group) is 1. The van der Waals surface area contributed by atoms with Gasteiger partial charge in [-0.1, -0.05) is 27.7 Å². The number of carbonyl (C=O) groups is 3. The Morgan fingerprint density at radius 1 is 1.17 bits per heavy atom. The summed E-state index contributed by atoms with van der Waals surface area (Å²) < 4.78 is 11.6. The molecule has 9 nitrogen and oxygen atoms in total. The number of likely N-dealkylation sites (tertiary alicyclic amines) is 1. The largest absolute Gasteiger partial charge is 0.374 e. The van der Waals surface area contributed by atoms with Crippen molar-refractivity contribution in [1.82, 2.24) is 9.80 Å². The summed E-state index contributed by atoms with van der Waals surface area (Å²) in [5.74, 6) is -1.55. The number of benzene rings is 1. The number of fused-ring (bicyclic) bond motifs is 1. The van der Waals surface area contributed by atoms with Gasteiger partial charge in [-0.15, -0.1) is 0 Å². The lowest BCUT2D eigenvalue weighted by atomic mass is 9.73. The predicted molar refractivity (Wildman–Crippen MR) is 137 cm³/mol. The summed E-state index contributed by atoms with van der Waals surface area (Å²) in [7, 11) is 0. The lowest BCUT2D eigenvalue weighted by Crippen LogP contribution is -2.47. The number of piperazine rings is 1. The number of primary amides is 1. The van der Waals surface area contributed by atoms with Gasteiger partial charge in [-0.2, -0.15) is 0 Å². The summed E-state index contributed by atoms with van der Waals surface area (Å²) in [5, 5.41) is 0. The fourth-order valence-electron chi connectivity index (χ4n) is 5.87. The van der Waals surface area contributed by atoms with Gasteiger partial charge in [0.25, 0.3) is 0 Å². The Balaban J connectivity index is 1.72. The molecule has 4 atom stereocenters. The van der Waals surface area contributed by atoms with Gasteiger partial charge in [0.1, 0.15) is 24.9 Å². The average molecular weight is 501 g/mol. The molecule has 2 amide bonds. The second-order valence-electron chi connectivity index (χ2n) is 11.0. The Labute approximate surface area is 213 Å². The monoisotopic (exact) mass is 500 g/mol. The first-order valence-corrected chi connectivity index (χ1v) is 13.0. The van der Waals surface area contributed by atoms with Gasteiger partial charge in [-0.25, -0.2) is 0 Å². The van der Waals surface area contributed by atoms with E-state index >= 15 is 0 Å². The molecule has 0 radical (unpaired) electrons. The lowest BCUT2D eigenvalue weighted by molar-refractivity contribution is -0.140. The highest BCUT2D eigenvalue weighted by molar-refractivity contribution is 5.99. The summed E-state index contributed by atoms with van der Waals surface area (Å²) in [6, 6.07) is 4.95. The molecule has 1 aromatic rings. The van der Waals surface area contributed by atoms with Crippen LogP contribution in [-0.4, -0.2) is 98.1 Å². The molecule has 36 heavy (non-hydrogen) atoms. The third-order valence-electron chi connectivity index (χ3n) is 7.71. The average Bonchev–Trinajstić information content (AvgIpc) is 3.39. The zero-order valence-electron chi connectivity index (χ0n) is 22.2. The molecule has 3 heterocycles. The van der Waals surface area contributed by atoms with Crippen LogP contribution in [0.2, 0.25) is 0 Å². The van der Waals surface area contributed by atoms with E-state index in [0.717, 1.165) is 38.4 Å². The Bertz CT molecular complexity index is 998. The highest BCUT2D eigenvalue weighted by atomic mass is 16.6. The minimum Gasteiger partial charge on any atom is -0.374 e. The van der Waals surface area contributed by atoms with Gasteiger partial charge >= 0.3 is 0 Å². The van der Waals surface area contributed by atoms with Crippen molar-refractivity contribution < 1.29 is 23.9 Å². The van der Waals surface area contributed by atoms with Crippen molar-refractivity contribution in [2.24, 2.45) is 11.1 Å². The van der Waals surface area contributed by atoms with Crippen molar-refractivity contribution in [3.05, 3.63) is 29.3 Å². The second-order valence-corrected chi connectivity index (χ2v) is 11.0. The van der Waals surface area contributed by atoms with Crippen molar-refractivity contribution in [3.8, 4) is 0 Å². The number of carbonyl (C=O) groups excluding carboxylic acids is 3. The van der Waals surface area contributed by atoms with E-state index in [0.29, 0.717) is 17.7 Å². The lowest BCUT2D eigenvalue weighted by Gasteiger charge is -2.38. The molecule has 4 rings (SSSR count). The molecular weight excluding hydrogens is 460 g/mol. The molecule has 9 heteroatoms. The van der Waals surface area contributed by atoms with Gasteiger partial charge in [0.15, 0.2) is 5.78 Å². The van der Waals surface area contributed by atoms with E-state index in [2.05, 4.69) is 16.7 Å². The number of hydrogen-bond donors (Lipinski definition) is 1. The topological polar surface area (TPSA) is 105 Å². The second kappa shape index (κ2) is 10.5. The fourth-order valence-corrected chi connectivity index (χ4v) is 5.87. The molecule has 198 valence electrons. The minimum absolute atomic E-state index is 0.0192. The fraction of sp³-hybridized carbons (Fsp3) is 0.667. The van der Waals surface area contributed by atoms with Crippen LogP contribution in [0.25, 0.3) is 0 Å². The van der Waals surface area contributed by atoms with Gasteiger partial charge in [0, 0.05) is 44.0 Å². The highest BCUT2D eigenvalue weighted by Gasteiger charge is 2.54. The quantitative estimate of drug-likeness (QED) is 0.607. The number of nitrogens with two attached hydrogens (primary N) is 1. The zero-order chi connectivity index (χ0) is 26.2. The molecule has 0 aliphatic carbocycles. The number of ketones is 1. The summed E-state index contributed by atoms with van der Waals surface area (Å²) >= 11 is 0. The predicted octanol–water partition coefficient (Wildman–Crippen LogP) is 1.64. The molecule has 0 bridgehead atoms. The van der Waals surface area contributed by atoms with Crippen molar-refractivity contribution in [1.29, 1.82) is 0 Å². The Hall–Kier alpha value is -2.49. The molecule has 3 aliphatic rings. The highest BCUT2D eigenvalue weighted by Crippen LogP contribution is 2.42. The minimum atomic E-state index is -0.675. The first-order valence-electron chi connectivity index (χ1n) is 13.0. The maximum atomic E-state index is 14.3. The summed E-state index contributed by atoms with van der Waals surface area (Å²) in [5.41, 5.74) is 7.19. The van der Waals surface area contributed by atoms with Gasteiger partial charge in [-0.05, 0) is 42.6 Å². The molecule has 3 aliphatic heterocycles. The summed E-state index contributed by atoms with van der Waals surface area (Å²) in [6.45, 7) is 15.4. The smallest absolute Gasteiger partial charge is 0.249 e. The molecule has 1 aromatic carbocycles. The van der Waals surface area contributed by atoms with Crippen LogP contribution in [0.4, 0.5) is 5.69 Å². The number of ether oxygens (including phenoxy) is 2. The third-order valence-corrected chi connectivity index (χ3v) is 7.71. The number of nitrogens with zero attached hydrogens (tertiary/aromatic N) is 3. The van der Waals surface area contributed by atoms with Crippen LogP contribution in [0.3, 0.4) is 0 Å². The molecule has 3 fully saturated rings. The number of anilines is 1. The van der Waals surface area contributed by atoms with Crippen LogP contribution in [0.1, 0.15) is 56.5 Å². The first-order chi connectivity index (χ1) is 17.1. The number of rotatable bonds is 7. The Morgan fingerprint density at radius 3 is 2.44 bits per heavy atom. The SMILES string of the molecule is CCO[C@H]1CN(C(=O)[C@H](c2cc(N3CCN(CC)CC3)ccc2C(N)=O)C(C)(C)C)[C@@H]2C(=O)CO[C@H]12. The molecule has 0 unspecified atom stereocenters. The van der Waals surface area contributed by atoms with Gasteiger partial charge in [0.2, 0.25) is 11.8 Å². The van der Waals surface area contributed by atoms with E-state index in [4.69, 9.17) is 15.2 Å². The van der Waals surface area contributed by atoms with Crippen LogP contribution in [0.5, 0.6) is 0 Å². The first kappa shape index (κ1) is 26.6. The third kappa shape index (κ3) is 5.01. The maximum absolute atomic E-state index is 14.3. The Morgan fingerprint density at radius 2 is 1.86 bits per heavy atom. The van der Waals surface area contributed by atoms with Crippen molar-refractivity contribution >= 4 is 23.3 Å². The molecular formula is C27H40N4O5. The van der Waals surface area contributed by atoms with E-state index in [1.807, 2.05) is 39.8 Å². The summed E-state index contributed by atoms with van der Waals surface area (Å²) in [4.78, 5) is 45.8. The van der Waals surface area contributed by atoms with Crippen LogP contribution in [0, 0.1) is 5.41 Å². The Kier molecular flexibility index (Phi) is 7.73. The number of Topliss-reactive ketones (excluding diaryl/α,β-unsaturated/α-hetero) is 1. The van der Waals surface area contributed by atoms with E-state index in [1.54, 1.807) is 11.0 Å². The normalized spacial score (nSPS) is 25.8. The molecule has 2 N–H and O–H groups in total. The maximum Gasteiger partial charge on any atom is 0.249 e. The molecule has 0 spiro atoms. The van der Waals surface area contributed by atoms with Gasteiger partial charge in [-0.3, -0.25) is 14.4 Å². The number of hydrogen-bond acceptors (Lipinski definition) is 7. The van der Waals surface area contributed by atoms with Crippen LogP contribution in [-0.2, 0) is 19.1 Å². The number of amides is 2. The van der Waals surface area contributed by atoms with Gasteiger partial charge < -0.3 is 29.9 Å². The van der Waals surface area contributed by atoms with Crippen molar-refractivity contribution in [3.63, 3.8) is 0 Å². The van der Waals surface area contributed by atoms with Crippen molar-refractivity contribution in [2.75, 3.05) is 57.4 Å². The zero-order valence-corrected chi connectivity index (χ0v) is 22.2. The van der Waals surface area contributed by atoms with E-state index in [1.165, 1.54) is 0 Å². The molecule has 3 saturated heterocycles. The molecule has 0 aromatic heterocycles. The van der Waals surface area contributed by atoms with Crippen LogP contribution in [0.15, 0.2) is 18.2 Å². The molecule has 0 saturated carbocycles. The summed E-state index contributed by atoms with van der Waals surface area (Å²) in [6.07, 6.45) is -0.813. The van der Waals surface area contributed by atoms with E-state index < -0.39 is 29.4 Å². The van der Waals surface area contributed by atoms with Gasteiger partial charge in [0.05, 0.1) is 12.5 Å². The van der Waals surface area contributed by atoms with Crippen LogP contribution < -0.4 is 10.6 Å². The van der Waals surface area contributed by atoms with E-state index in [-0.39, 0.29) is 30.9 Å².